The van der Waals surface area contributed by atoms with Crippen molar-refractivity contribution in [2.45, 2.75) is 45.1 Å². The van der Waals surface area contributed by atoms with E-state index in [1.165, 1.54) is 37.7 Å². The molecule has 0 aliphatic heterocycles. The van der Waals surface area contributed by atoms with Crippen molar-refractivity contribution in [2.24, 2.45) is 11.7 Å². The van der Waals surface area contributed by atoms with Crippen molar-refractivity contribution in [1.82, 2.24) is 0 Å². The van der Waals surface area contributed by atoms with Gasteiger partial charge in [-0.2, -0.15) is 0 Å². The van der Waals surface area contributed by atoms with Crippen LogP contribution in [-0.4, -0.2) is 20.3 Å². The summed E-state index contributed by atoms with van der Waals surface area (Å²) in [5.41, 5.74) is 8.49. The molecule has 0 saturated heterocycles. The van der Waals surface area contributed by atoms with Gasteiger partial charge >= 0.3 is 0 Å². The van der Waals surface area contributed by atoms with Gasteiger partial charge in [0.05, 0.1) is 19.8 Å². The van der Waals surface area contributed by atoms with E-state index < -0.39 is 0 Å². The first-order chi connectivity index (χ1) is 9.70. The molecule has 1 saturated carbocycles. The summed E-state index contributed by atoms with van der Waals surface area (Å²) in [5, 5.41) is 0. The third-order valence-electron chi connectivity index (χ3n) is 4.16. The van der Waals surface area contributed by atoms with Crippen LogP contribution in [0.4, 0.5) is 0 Å². The zero-order valence-electron chi connectivity index (χ0n) is 12.7. The number of hydrogen-bond acceptors (Lipinski definition) is 3. The van der Waals surface area contributed by atoms with E-state index in [0.717, 1.165) is 23.8 Å². The number of hydrogen-bond donors (Lipinski definition) is 1. The Bertz CT molecular complexity index is 413. The second kappa shape index (κ2) is 7.65. The van der Waals surface area contributed by atoms with Crippen molar-refractivity contribution in [3.05, 3.63) is 29.3 Å². The molecule has 0 heterocycles. The fraction of sp³-hybridized carbons (Fsp3) is 0.647. The first-order valence-electron chi connectivity index (χ1n) is 7.68. The SMILES string of the molecule is COc1ccc(C)cc1C(N)COCC1CCCCC1. The van der Waals surface area contributed by atoms with Crippen molar-refractivity contribution in [1.29, 1.82) is 0 Å². The van der Waals surface area contributed by atoms with Gasteiger partial charge in [-0.15, -0.1) is 0 Å². The maximum Gasteiger partial charge on any atom is 0.123 e. The summed E-state index contributed by atoms with van der Waals surface area (Å²) >= 11 is 0. The molecule has 1 unspecified atom stereocenters. The number of methoxy groups -OCH3 is 1. The monoisotopic (exact) mass is 277 g/mol. The highest BCUT2D eigenvalue weighted by atomic mass is 16.5. The number of rotatable bonds is 6. The van der Waals surface area contributed by atoms with Gasteiger partial charge in [0, 0.05) is 12.2 Å². The number of benzene rings is 1. The summed E-state index contributed by atoms with van der Waals surface area (Å²) in [6, 6.07) is 5.99. The van der Waals surface area contributed by atoms with E-state index >= 15 is 0 Å². The molecule has 1 fully saturated rings. The number of aryl methyl sites for hydroxylation is 1. The minimum absolute atomic E-state index is 0.117. The first kappa shape index (κ1) is 15.3. The molecule has 2 N–H and O–H groups in total. The van der Waals surface area contributed by atoms with Crippen LogP contribution in [0.15, 0.2) is 18.2 Å². The van der Waals surface area contributed by atoms with E-state index in [1.54, 1.807) is 7.11 Å². The lowest BCUT2D eigenvalue weighted by Crippen LogP contribution is -2.21. The summed E-state index contributed by atoms with van der Waals surface area (Å²) in [6.45, 7) is 3.48. The second-order valence-corrected chi connectivity index (χ2v) is 5.89. The Hall–Kier alpha value is -1.06. The molecule has 20 heavy (non-hydrogen) atoms. The largest absolute Gasteiger partial charge is 0.496 e. The quantitative estimate of drug-likeness (QED) is 0.864. The van der Waals surface area contributed by atoms with Gasteiger partial charge in [-0.25, -0.2) is 0 Å². The number of ether oxygens (including phenoxy) is 2. The Balaban J connectivity index is 1.84. The van der Waals surface area contributed by atoms with Crippen LogP contribution in [0.5, 0.6) is 5.75 Å². The normalized spacial score (nSPS) is 17.9. The highest BCUT2D eigenvalue weighted by Crippen LogP contribution is 2.26. The van der Waals surface area contributed by atoms with Crippen LogP contribution in [0.3, 0.4) is 0 Å². The molecule has 0 radical (unpaired) electrons. The van der Waals surface area contributed by atoms with Crippen LogP contribution in [0, 0.1) is 12.8 Å². The van der Waals surface area contributed by atoms with E-state index in [4.69, 9.17) is 15.2 Å². The summed E-state index contributed by atoms with van der Waals surface area (Å²) in [7, 11) is 1.68. The van der Waals surface area contributed by atoms with Gasteiger partial charge in [0.15, 0.2) is 0 Å². The molecule has 3 heteroatoms. The average Bonchev–Trinajstić information content (AvgIpc) is 2.48. The van der Waals surface area contributed by atoms with Gasteiger partial charge in [0.1, 0.15) is 5.75 Å². The predicted molar refractivity (Wildman–Crippen MR) is 82.1 cm³/mol. The Morgan fingerprint density at radius 2 is 2.00 bits per heavy atom. The minimum Gasteiger partial charge on any atom is -0.496 e. The molecule has 1 aliphatic carbocycles. The van der Waals surface area contributed by atoms with Crippen molar-refractivity contribution >= 4 is 0 Å². The molecule has 0 bridgehead atoms. The number of nitrogens with two attached hydrogens (primary N) is 1. The maximum absolute atomic E-state index is 6.25. The summed E-state index contributed by atoms with van der Waals surface area (Å²) in [4.78, 5) is 0. The van der Waals surface area contributed by atoms with Gasteiger partial charge in [-0.05, 0) is 31.7 Å². The molecule has 1 aromatic carbocycles. The van der Waals surface area contributed by atoms with E-state index in [2.05, 4.69) is 13.0 Å². The third-order valence-corrected chi connectivity index (χ3v) is 4.16. The molecule has 0 aromatic heterocycles. The van der Waals surface area contributed by atoms with Crippen molar-refractivity contribution in [2.75, 3.05) is 20.3 Å². The van der Waals surface area contributed by atoms with Crippen LogP contribution < -0.4 is 10.5 Å². The van der Waals surface area contributed by atoms with Crippen LogP contribution in [0.2, 0.25) is 0 Å². The van der Waals surface area contributed by atoms with Gasteiger partial charge in [0.25, 0.3) is 0 Å². The molecule has 1 aliphatic rings. The molecule has 2 rings (SSSR count). The average molecular weight is 277 g/mol. The van der Waals surface area contributed by atoms with Crippen LogP contribution in [0.25, 0.3) is 0 Å². The maximum atomic E-state index is 6.25. The van der Waals surface area contributed by atoms with Crippen LogP contribution >= 0.6 is 0 Å². The van der Waals surface area contributed by atoms with Gasteiger partial charge < -0.3 is 15.2 Å². The van der Waals surface area contributed by atoms with Crippen LogP contribution in [0.1, 0.15) is 49.3 Å². The molecular weight excluding hydrogens is 250 g/mol. The Morgan fingerprint density at radius 1 is 1.25 bits per heavy atom. The van der Waals surface area contributed by atoms with Crippen LogP contribution in [-0.2, 0) is 4.74 Å². The lowest BCUT2D eigenvalue weighted by molar-refractivity contribution is 0.0755. The van der Waals surface area contributed by atoms with Gasteiger partial charge in [0.2, 0.25) is 0 Å². The summed E-state index contributed by atoms with van der Waals surface area (Å²) in [6.07, 6.45) is 6.71. The van der Waals surface area contributed by atoms with Crippen molar-refractivity contribution in [3.8, 4) is 5.75 Å². The van der Waals surface area contributed by atoms with Gasteiger partial charge in [-0.3, -0.25) is 0 Å². The van der Waals surface area contributed by atoms with E-state index in [1.807, 2.05) is 12.1 Å². The van der Waals surface area contributed by atoms with E-state index in [9.17, 15) is 0 Å². The van der Waals surface area contributed by atoms with E-state index in [0.29, 0.717) is 6.61 Å². The molecular formula is C17H27NO2. The predicted octanol–water partition coefficient (Wildman–Crippen LogP) is 3.60. The second-order valence-electron chi connectivity index (χ2n) is 5.89. The first-order valence-corrected chi connectivity index (χ1v) is 7.68. The van der Waals surface area contributed by atoms with Gasteiger partial charge in [-0.1, -0.05) is 37.0 Å². The van der Waals surface area contributed by atoms with Crippen molar-refractivity contribution in [3.63, 3.8) is 0 Å². The smallest absolute Gasteiger partial charge is 0.123 e. The zero-order valence-corrected chi connectivity index (χ0v) is 12.7. The van der Waals surface area contributed by atoms with Crippen molar-refractivity contribution < 1.29 is 9.47 Å². The molecule has 3 nitrogen and oxygen atoms in total. The molecule has 112 valence electrons. The zero-order chi connectivity index (χ0) is 14.4. The topological polar surface area (TPSA) is 44.5 Å². The fourth-order valence-electron chi connectivity index (χ4n) is 2.95. The Labute approximate surface area is 122 Å². The standard InChI is InChI=1S/C17H27NO2/c1-13-8-9-17(19-2)15(10-13)16(18)12-20-11-14-6-4-3-5-7-14/h8-10,14,16H,3-7,11-12,18H2,1-2H3. The Morgan fingerprint density at radius 3 is 2.70 bits per heavy atom. The summed E-state index contributed by atoms with van der Waals surface area (Å²) in [5.74, 6) is 1.58. The Kier molecular flexibility index (Phi) is 5.86. The highest BCUT2D eigenvalue weighted by molar-refractivity contribution is 5.39. The lowest BCUT2D eigenvalue weighted by Gasteiger charge is -2.23. The minimum atomic E-state index is -0.117. The highest BCUT2D eigenvalue weighted by Gasteiger charge is 2.16. The summed E-state index contributed by atoms with van der Waals surface area (Å²) < 4.78 is 11.2. The fourth-order valence-corrected chi connectivity index (χ4v) is 2.95. The van der Waals surface area contributed by atoms with E-state index in [-0.39, 0.29) is 6.04 Å². The molecule has 0 spiro atoms. The molecule has 1 aromatic rings. The molecule has 0 amide bonds. The lowest BCUT2D eigenvalue weighted by atomic mass is 9.90. The third kappa shape index (κ3) is 4.22. The molecule has 1 atom stereocenters.